The molecule has 35 heavy (non-hydrogen) atoms. The fraction of sp³-hybridized carbons (Fsp3) is 0.458. The van der Waals surface area contributed by atoms with Gasteiger partial charge in [0.25, 0.3) is 11.8 Å². The van der Waals surface area contributed by atoms with Crippen molar-refractivity contribution in [2.45, 2.75) is 44.3 Å². The van der Waals surface area contributed by atoms with Gasteiger partial charge in [-0.15, -0.1) is 0 Å². The standard InChI is InChI=1S/C24H27F3N4O4/c25-24(26,27)18-12-28-8-5-19(18)30-9-6-15(7-10-30)11-29-22(34)20(32)21(33)23(35)31-13-16-3-1-2-4-17(16)14-31/h1-5,8,12,15,20-21,32-33H,6-7,9-11,13-14H2,(H,29,34). The molecule has 1 fully saturated rings. The Morgan fingerprint density at radius 2 is 1.69 bits per heavy atom. The van der Waals surface area contributed by atoms with E-state index in [-0.39, 0.29) is 18.2 Å². The third-order valence-corrected chi connectivity index (χ3v) is 6.60. The van der Waals surface area contributed by atoms with Crippen molar-refractivity contribution in [1.29, 1.82) is 0 Å². The molecule has 1 aromatic heterocycles. The van der Waals surface area contributed by atoms with Gasteiger partial charge in [-0.25, -0.2) is 0 Å². The number of amides is 2. The number of benzene rings is 1. The highest BCUT2D eigenvalue weighted by Crippen LogP contribution is 2.37. The van der Waals surface area contributed by atoms with Crippen molar-refractivity contribution in [3.05, 3.63) is 59.4 Å². The van der Waals surface area contributed by atoms with Crippen LogP contribution in [0.15, 0.2) is 42.7 Å². The Hall–Kier alpha value is -3.18. The average molecular weight is 492 g/mol. The number of fused-ring (bicyclic) bond motifs is 1. The largest absolute Gasteiger partial charge is 0.419 e. The molecule has 11 heteroatoms. The highest BCUT2D eigenvalue weighted by atomic mass is 19.4. The predicted octanol–water partition coefficient (Wildman–Crippen LogP) is 1.70. The van der Waals surface area contributed by atoms with Gasteiger partial charge in [0.05, 0.1) is 11.3 Å². The van der Waals surface area contributed by atoms with Crippen LogP contribution in [0, 0.1) is 5.92 Å². The third kappa shape index (κ3) is 5.57. The summed E-state index contributed by atoms with van der Waals surface area (Å²) >= 11 is 0. The molecule has 188 valence electrons. The predicted molar refractivity (Wildman–Crippen MR) is 120 cm³/mol. The molecule has 0 aliphatic carbocycles. The average Bonchev–Trinajstić information content (AvgIpc) is 3.30. The second-order valence-corrected chi connectivity index (χ2v) is 8.92. The Balaban J connectivity index is 1.25. The summed E-state index contributed by atoms with van der Waals surface area (Å²) in [5, 5.41) is 23.1. The number of hydrogen-bond acceptors (Lipinski definition) is 6. The Bertz CT molecular complexity index is 1050. The molecule has 0 spiro atoms. The maximum atomic E-state index is 13.3. The summed E-state index contributed by atoms with van der Waals surface area (Å²) in [4.78, 5) is 31.6. The van der Waals surface area contributed by atoms with E-state index in [1.54, 1.807) is 4.90 Å². The van der Waals surface area contributed by atoms with Crippen molar-refractivity contribution in [1.82, 2.24) is 15.2 Å². The van der Waals surface area contributed by atoms with Gasteiger partial charge in [0.2, 0.25) is 0 Å². The fourth-order valence-corrected chi connectivity index (χ4v) is 4.56. The summed E-state index contributed by atoms with van der Waals surface area (Å²) in [7, 11) is 0. The van der Waals surface area contributed by atoms with Crippen LogP contribution < -0.4 is 10.2 Å². The van der Waals surface area contributed by atoms with E-state index in [1.165, 1.54) is 17.2 Å². The molecule has 4 rings (SSSR count). The molecule has 3 heterocycles. The number of nitrogens with one attached hydrogen (secondary N) is 1. The molecule has 2 aromatic rings. The molecule has 3 N–H and O–H groups in total. The van der Waals surface area contributed by atoms with Crippen LogP contribution in [0.5, 0.6) is 0 Å². The lowest BCUT2D eigenvalue weighted by Gasteiger charge is -2.35. The third-order valence-electron chi connectivity index (χ3n) is 6.60. The van der Waals surface area contributed by atoms with Crippen LogP contribution in [-0.2, 0) is 28.9 Å². The highest BCUT2D eigenvalue weighted by Gasteiger charge is 2.37. The van der Waals surface area contributed by atoms with Crippen molar-refractivity contribution in [3.63, 3.8) is 0 Å². The molecule has 0 saturated carbocycles. The van der Waals surface area contributed by atoms with Crippen molar-refractivity contribution in [3.8, 4) is 0 Å². The summed E-state index contributed by atoms with van der Waals surface area (Å²) in [5.41, 5.74) is 1.20. The van der Waals surface area contributed by atoms with Crippen LogP contribution in [0.2, 0.25) is 0 Å². The number of alkyl halides is 3. The zero-order valence-electron chi connectivity index (χ0n) is 18.9. The summed E-state index contributed by atoms with van der Waals surface area (Å²) in [6.45, 7) is 1.51. The van der Waals surface area contributed by atoms with E-state index < -0.39 is 35.8 Å². The molecule has 8 nitrogen and oxygen atoms in total. The van der Waals surface area contributed by atoms with Crippen LogP contribution in [0.25, 0.3) is 0 Å². The van der Waals surface area contributed by atoms with Gasteiger partial charge in [-0.2, -0.15) is 13.2 Å². The van der Waals surface area contributed by atoms with E-state index in [1.807, 2.05) is 24.3 Å². The smallest absolute Gasteiger partial charge is 0.380 e. The Kier molecular flexibility index (Phi) is 7.27. The number of halogens is 3. The Labute approximate surface area is 200 Å². The normalized spacial score (nSPS) is 18.2. The van der Waals surface area contributed by atoms with Crippen molar-refractivity contribution in [2.24, 2.45) is 5.92 Å². The molecule has 2 aliphatic rings. The summed E-state index contributed by atoms with van der Waals surface area (Å²) in [6.07, 6.45) is -5.10. The van der Waals surface area contributed by atoms with Crippen LogP contribution in [0.1, 0.15) is 29.5 Å². The maximum absolute atomic E-state index is 13.3. The molecular weight excluding hydrogens is 465 g/mol. The number of aromatic nitrogens is 1. The summed E-state index contributed by atoms with van der Waals surface area (Å²) < 4.78 is 39.8. The zero-order chi connectivity index (χ0) is 25.2. The summed E-state index contributed by atoms with van der Waals surface area (Å²) in [5.74, 6) is -1.60. The van der Waals surface area contributed by atoms with E-state index in [4.69, 9.17) is 0 Å². The number of aliphatic hydroxyl groups is 2. The number of rotatable bonds is 6. The molecule has 0 radical (unpaired) electrons. The van der Waals surface area contributed by atoms with Crippen molar-refractivity contribution >= 4 is 17.5 Å². The van der Waals surface area contributed by atoms with Crippen molar-refractivity contribution < 1.29 is 33.0 Å². The number of aliphatic hydroxyl groups excluding tert-OH is 2. The molecule has 2 atom stereocenters. The SMILES string of the molecule is O=C(NCC1CCN(c2ccncc2C(F)(F)F)CC1)C(O)C(O)C(=O)N1Cc2ccccc2C1. The molecule has 2 unspecified atom stereocenters. The number of nitrogens with zero attached hydrogens (tertiary/aromatic N) is 3. The van der Waals surface area contributed by atoms with Crippen LogP contribution in [-0.4, -0.2) is 63.8 Å². The minimum absolute atomic E-state index is 0.0144. The molecule has 2 amide bonds. The van der Waals surface area contributed by atoms with Gasteiger partial charge in [0.15, 0.2) is 12.2 Å². The first kappa shape index (κ1) is 24.9. The number of hydrogen-bond donors (Lipinski definition) is 3. The number of anilines is 1. The minimum Gasteiger partial charge on any atom is -0.380 e. The highest BCUT2D eigenvalue weighted by molar-refractivity contribution is 5.90. The van der Waals surface area contributed by atoms with E-state index in [0.717, 1.165) is 17.3 Å². The fourth-order valence-electron chi connectivity index (χ4n) is 4.56. The van der Waals surface area contributed by atoms with Gasteiger partial charge in [0, 0.05) is 45.1 Å². The number of piperidine rings is 1. The van der Waals surface area contributed by atoms with Gasteiger partial charge in [-0.3, -0.25) is 14.6 Å². The Morgan fingerprint density at radius 3 is 2.29 bits per heavy atom. The number of carbonyl (C=O) groups excluding carboxylic acids is 2. The molecule has 2 aliphatic heterocycles. The van der Waals surface area contributed by atoms with Crippen LogP contribution in [0.3, 0.4) is 0 Å². The second-order valence-electron chi connectivity index (χ2n) is 8.92. The topological polar surface area (TPSA) is 106 Å². The van der Waals surface area contributed by atoms with Gasteiger partial charge in [0.1, 0.15) is 0 Å². The first-order chi connectivity index (χ1) is 16.6. The van der Waals surface area contributed by atoms with Gasteiger partial charge >= 0.3 is 6.18 Å². The maximum Gasteiger partial charge on any atom is 0.419 e. The Morgan fingerprint density at radius 1 is 1.06 bits per heavy atom. The molecular formula is C24H27F3N4O4. The molecule has 0 bridgehead atoms. The van der Waals surface area contributed by atoms with Crippen LogP contribution in [0.4, 0.5) is 18.9 Å². The van der Waals surface area contributed by atoms with Gasteiger partial charge in [-0.05, 0) is 36.0 Å². The van der Waals surface area contributed by atoms with E-state index >= 15 is 0 Å². The van der Waals surface area contributed by atoms with E-state index in [0.29, 0.717) is 39.0 Å². The monoisotopic (exact) mass is 492 g/mol. The van der Waals surface area contributed by atoms with Gasteiger partial charge in [-0.1, -0.05) is 24.3 Å². The van der Waals surface area contributed by atoms with E-state index in [2.05, 4.69) is 10.3 Å². The summed E-state index contributed by atoms with van der Waals surface area (Å²) in [6, 6.07) is 8.80. The minimum atomic E-state index is -4.50. The zero-order valence-corrected chi connectivity index (χ0v) is 18.9. The lowest BCUT2D eigenvalue weighted by molar-refractivity contribution is -0.153. The quantitative estimate of drug-likeness (QED) is 0.567. The first-order valence-corrected chi connectivity index (χ1v) is 11.4. The van der Waals surface area contributed by atoms with Crippen molar-refractivity contribution in [2.75, 3.05) is 24.5 Å². The van der Waals surface area contributed by atoms with E-state index in [9.17, 15) is 33.0 Å². The molecule has 1 saturated heterocycles. The number of pyridine rings is 1. The lowest BCUT2D eigenvalue weighted by atomic mass is 9.95. The lowest BCUT2D eigenvalue weighted by Crippen LogP contribution is -2.50. The van der Waals surface area contributed by atoms with Crippen LogP contribution >= 0.6 is 0 Å². The van der Waals surface area contributed by atoms with Gasteiger partial charge < -0.3 is 25.3 Å². The number of carbonyl (C=O) groups is 2. The first-order valence-electron chi connectivity index (χ1n) is 11.4. The second kappa shape index (κ2) is 10.2. The molecule has 1 aromatic carbocycles.